The lowest BCUT2D eigenvalue weighted by molar-refractivity contribution is 0.323. The van der Waals surface area contributed by atoms with Crippen LogP contribution in [0.15, 0.2) is 9.59 Å². The minimum atomic E-state index is -0.672. The van der Waals surface area contributed by atoms with Crippen LogP contribution in [0.2, 0.25) is 0 Å². The van der Waals surface area contributed by atoms with Gasteiger partial charge in [-0.15, -0.1) is 0 Å². The Hall–Kier alpha value is -2.09. The second-order valence-corrected chi connectivity index (χ2v) is 5.56. The van der Waals surface area contributed by atoms with Gasteiger partial charge in [-0.1, -0.05) is 13.3 Å². The van der Waals surface area contributed by atoms with Crippen LogP contribution >= 0.6 is 0 Å². The maximum absolute atomic E-state index is 12.6. The van der Waals surface area contributed by atoms with Gasteiger partial charge in [0.05, 0.1) is 0 Å². The molecule has 0 atom stereocenters. The minimum Gasteiger partial charge on any atom is -0.494 e. The predicted octanol–water partition coefficient (Wildman–Crippen LogP) is -0.276. The van der Waals surface area contributed by atoms with Crippen LogP contribution in [0.1, 0.15) is 44.2 Å². The lowest BCUT2D eigenvalue weighted by atomic mass is 10.1. The molecular formula is C14H23N5O3. The molecule has 8 heteroatoms. The Kier molecular flexibility index (Phi) is 5.02. The Bertz CT molecular complexity index is 670. The molecule has 0 aliphatic carbocycles. The first-order chi connectivity index (χ1) is 10.5. The molecule has 1 aliphatic rings. The van der Waals surface area contributed by atoms with Crippen LogP contribution < -0.4 is 22.3 Å². The molecule has 0 aromatic carbocycles. The number of aromatic nitrogens is 2. The first kappa shape index (κ1) is 16.3. The SMILES string of the molecule is CCCCn1c(O)c(C(=N)N)c(=O)n(C2CCNCC2)c1=O. The van der Waals surface area contributed by atoms with Gasteiger partial charge >= 0.3 is 5.69 Å². The van der Waals surface area contributed by atoms with Gasteiger partial charge in [-0.25, -0.2) is 4.79 Å². The minimum absolute atomic E-state index is 0.229. The highest BCUT2D eigenvalue weighted by Crippen LogP contribution is 2.17. The summed E-state index contributed by atoms with van der Waals surface area (Å²) < 4.78 is 2.32. The quantitative estimate of drug-likeness (QED) is 0.440. The van der Waals surface area contributed by atoms with Crippen molar-refractivity contribution in [2.24, 2.45) is 5.73 Å². The van der Waals surface area contributed by atoms with E-state index in [0.717, 1.165) is 28.6 Å². The van der Waals surface area contributed by atoms with Crippen molar-refractivity contribution < 1.29 is 5.11 Å². The second kappa shape index (κ2) is 6.78. The van der Waals surface area contributed by atoms with E-state index in [4.69, 9.17) is 11.1 Å². The van der Waals surface area contributed by atoms with Crippen molar-refractivity contribution in [2.75, 3.05) is 13.1 Å². The molecule has 1 saturated heterocycles. The summed E-state index contributed by atoms with van der Waals surface area (Å²) in [6.07, 6.45) is 2.85. The number of nitrogens with two attached hydrogens (primary N) is 1. The van der Waals surface area contributed by atoms with E-state index < -0.39 is 23.0 Å². The molecule has 122 valence electrons. The van der Waals surface area contributed by atoms with Crippen LogP contribution in [0.4, 0.5) is 0 Å². The molecule has 0 saturated carbocycles. The second-order valence-electron chi connectivity index (χ2n) is 5.56. The van der Waals surface area contributed by atoms with E-state index in [1.165, 1.54) is 0 Å². The summed E-state index contributed by atoms with van der Waals surface area (Å²) in [5.74, 6) is -1.02. The van der Waals surface area contributed by atoms with Gasteiger partial charge in [-0.2, -0.15) is 0 Å². The molecule has 22 heavy (non-hydrogen) atoms. The third-order valence-corrected chi connectivity index (χ3v) is 4.03. The molecular weight excluding hydrogens is 286 g/mol. The predicted molar refractivity (Wildman–Crippen MR) is 83.7 cm³/mol. The lowest BCUT2D eigenvalue weighted by Gasteiger charge is -2.25. The highest BCUT2D eigenvalue weighted by Gasteiger charge is 2.25. The fourth-order valence-electron chi connectivity index (χ4n) is 2.80. The number of piperidine rings is 1. The monoisotopic (exact) mass is 309 g/mol. The number of nitrogen functional groups attached to an aromatic ring is 1. The number of unbranched alkanes of at least 4 members (excludes halogenated alkanes) is 1. The summed E-state index contributed by atoms with van der Waals surface area (Å²) >= 11 is 0. The number of nitrogens with zero attached hydrogens (tertiary/aromatic N) is 2. The molecule has 5 N–H and O–H groups in total. The van der Waals surface area contributed by atoms with Gasteiger partial charge in [-0.3, -0.25) is 19.3 Å². The zero-order valence-electron chi connectivity index (χ0n) is 12.8. The van der Waals surface area contributed by atoms with Crippen LogP contribution in [-0.2, 0) is 6.54 Å². The van der Waals surface area contributed by atoms with E-state index in [0.29, 0.717) is 25.8 Å². The van der Waals surface area contributed by atoms with E-state index in [1.54, 1.807) is 0 Å². The van der Waals surface area contributed by atoms with Crippen molar-refractivity contribution in [1.82, 2.24) is 14.5 Å². The van der Waals surface area contributed by atoms with Gasteiger partial charge < -0.3 is 16.2 Å². The number of hydrogen-bond acceptors (Lipinski definition) is 5. The van der Waals surface area contributed by atoms with Crippen molar-refractivity contribution >= 4 is 5.84 Å². The molecule has 0 unspecified atom stereocenters. The maximum Gasteiger partial charge on any atom is 0.334 e. The van der Waals surface area contributed by atoms with Crippen molar-refractivity contribution in [3.63, 3.8) is 0 Å². The number of rotatable bonds is 5. The topological polar surface area (TPSA) is 126 Å². The van der Waals surface area contributed by atoms with Crippen molar-refractivity contribution in [1.29, 1.82) is 5.41 Å². The average Bonchev–Trinajstić information content (AvgIpc) is 2.48. The molecule has 2 heterocycles. The molecule has 0 radical (unpaired) electrons. The normalized spacial score (nSPS) is 15.9. The Morgan fingerprint density at radius 3 is 2.59 bits per heavy atom. The fraction of sp³-hybridized carbons (Fsp3) is 0.643. The Morgan fingerprint density at radius 2 is 2.05 bits per heavy atom. The number of nitrogens with one attached hydrogen (secondary N) is 2. The summed E-state index contributed by atoms with van der Waals surface area (Å²) in [6, 6.07) is -0.229. The molecule has 0 bridgehead atoms. The van der Waals surface area contributed by atoms with E-state index in [1.807, 2.05) is 6.92 Å². The molecule has 1 aromatic heterocycles. The van der Waals surface area contributed by atoms with Gasteiger partial charge in [0.15, 0.2) is 0 Å². The third-order valence-electron chi connectivity index (χ3n) is 4.03. The average molecular weight is 309 g/mol. The Labute approximate surface area is 128 Å². The summed E-state index contributed by atoms with van der Waals surface area (Å²) in [6.45, 7) is 3.72. The Balaban J connectivity index is 2.65. The summed E-state index contributed by atoms with van der Waals surface area (Å²) in [7, 11) is 0. The smallest absolute Gasteiger partial charge is 0.334 e. The number of aromatic hydroxyl groups is 1. The van der Waals surface area contributed by atoms with Gasteiger partial charge in [-0.05, 0) is 32.4 Å². The molecule has 0 amide bonds. The summed E-state index contributed by atoms with van der Waals surface area (Å²) in [5, 5.41) is 20.9. The number of amidine groups is 1. The summed E-state index contributed by atoms with van der Waals surface area (Å²) in [5.41, 5.74) is 3.97. The zero-order chi connectivity index (χ0) is 16.3. The highest BCUT2D eigenvalue weighted by atomic mass is 16.3. The van der Waals surface area contributed by atoms with Gasteiger partial charge in [0.25, 0.3) is 5.56 Å². The van der Waals surface area contributed by atoms with Crippen LogP contribution in [0, 0.1) is 5.41 Å². The Morgan fingerprint density at radius 1 is 1.41 bits per heavy atom. The van der Waals surface area contributed by atoms with Crippen LogP contribution in [-0.4, -0.2) is 33.2 Å². The van der Waals surface area contributed by atoms with Crippen molar-refractivity contribution in [2.45, 2.75) is 45.2 Å². The first-order valence-electron chi connectivity index (χ1n) is 7.62. The largest absolute Gasteiger partial charge is 0.494 e. The molecule has 0 spiro atoms. The van der Waals surface area contributed by atoms with Gasteiger partial charge in [0.2, 0.25) is 5.88 Å². The van der Waals surface area contributed by atoms with Crippen LogP contribution in [0.5, 0.6) is 5.88 Å². The van der Waals surface area contributed by atoms with E-state index in [2.05, 4.69) is 5.32 Å². The molecule has 2 rings (SSSR count). The molecule has 1 aliphatic heterocycles. The third kappa shape index (κ3) is 2.92. The number of hydrogen-bond donors (Lipinski definition) is 4. The lowest BCUT2D eigenvalue weighted by Crippen LogP contribution is -2.47. The standard InChI is InChI=1S/C14H23N5O3/c1-2-3-8-18-12(20)10(11(15)16)13(21)19(14(18)22)9-4-6-17-7-5-9/h9,17,20H,2-8H2,1H3,(H3,15,16). The zero-order valence-corrected chi connectivity index (χ0v) is 12.8. The molecule has 1 aromatic rings. The van der Waals surface area contributed by atoms with E-state index >= 15 is 0 Å². The molecule has 1 fully saturated rings. The van der Waals surface area contributed by atoms with Crippen molar-refractivity contribution in [3.05, 3.63) is 26.4 Å². The van der Waals surface area contributed by atoms with Gasteiger partial charge in [0, 0.05) is 12.6 Å². The van der Waals surface area contributed by atoms with E-state index in [9.17, 15) is 14.7 Å². The molecule has 8 nitrogen and oxygen atoms in total. The van der Waals surface area contributed by atoms with Crippen molar-refractivity contribution in [3.8, 4) is 5.88 Å². The summed E-state index contributed by atoms with van der Waals surface area (Å²) in [4.78, 5) is 25.2. The first-order valence-corrected chi connectivity index (χ1v) is 7.62. The van der Waals surface area contributed by atoms with Crippen LogP contribution in [0.25, 0.3) is 0 Å². The maximum atomic E-state index is 12.6. The fourth-order valence-corrected chi connectivity index (χ4v) is 2.80. The van der Waals surface area contributed by atoms with Gasteiger partial charge in [0.1, 0.15) is 11.4 Å². The van der Waals surface area contributed by atoms with E-state index in [-0.39, 0.29) is 11.6 Å². The van der Waals surface area contributed by atoms with Crippen LogP contribution in [0.3, 0.4) is 0 Å². The highest BCUT2D eigenvalue weighted by molar-refractivity contribution is 5.96.